The number of benzene rings is 1. The van der Waals surface area contributed by atoms with Crippen molar-refractivity contribution in [3.05, 3.63) is 48.0 Å². The number of amides is 1. The highest BCUT2D eigenvalue weighted by Gasteiger charge is 2.54. The normalized spacial score (nSPS) is 31.6. The minimum atomic E-state index is -0.244. The second-order valence-electron chi connectivity index (χ2n) is 9.27. The lowest BCUT2D eigenvalue weighted by Crippen LogP contribution is -2.54. The molecular formula is C23H29N3O2. The quantitative estimate of drug-likeness (QED) is 0.858. The van der Waals surface area contributed by atoms with Crippen LogP contribution in [0.1, 0.15) is 56.0 Å². The average molecular weight is 380 g/mol. The van der Waals surface area contributed by atoms with Crippen molar-refractivity contribution >= 4 is 5.91 Å². The maximum absolute atomic E-state index is 13.6. The van der Waals surface area contributed by atoms with Gasteiger partial charge in [-0.25, -0.2) is 4.98 Å². The molecule has 148 valence electrons. The van der Waals surface area contributed by atoms with Crippen molar-refractivity contribution in [3.63, 3.8) is 0 Å². The minimum absolute atomic E-state index is 0.162. The summed E-state index contributed by atoms with van der Waals surface area (Å²) in [6, 6.07) is 7.70. The summed E-state index contributed by atoms with van der Waals surface area (Å²) in [5, 5.41) is 3.41. The van der Waals surface area contributed by atoms with Crippen molar-refractivity contribution in [1.82, 2.24) is 14.9 Å². The van der Waals surface area contributed by atoms with Gasteiger partial charge in [0.25, 0.3) is 0 Å². The molecule has 1 unspecified atom stereocenters. The van der Waals surface area contributed by atoms with Gasteiger partial charge in [-0.05, 0) is 74.0 Å². The number of hydrogen-bond donors (Lipinski definition) is 1. The molecule has 2 aromatic rings. The van der Waals surface area contributed by atoms with Gasteiger partial charge in [0.15, 0.2) is 0 Å². The first-order valence-corrected chi connectivity index (χ1v) is 10.5. The van der Waals surface area contributed by atoms with Crippen LogP contribution in [0.5, 0.6) is 5.75 Å². The molecule has 4 aliphatic rings. The zero-order valence-electron chi connectivity index (χ0n) is 16.7. The molecule has 6 rings (SSSR count). The van der Waals surface area contributed by atoms with Gasteiger partial charge in [0.1, 0.15) is 17.6 Å². The fraction of sp³-hybridized carbons (Fsp3) is 0.565. The van der Waals surface area contributed by atoms with E-state index in [1.54, 1.807) is 13.3 Å². The number of hydrogen-bond acceptors (Lipinski definition) is 3. The molecule has 1 amide bonds. The lowest BCUT2D eigenvalue weighted by molar-refractivity contribution is -0.146. The van der Waals surface area contributed by atoms with Crippen molar-refractivity contribution in [2.45, 2.75) is 44.6 Å². The summed E-state index contributed by atoms with van der Waals surface area (Å²) in [6.07, 6.45) is 11.0. The Balaban J connectivity index is 1.45. The van der Waals surface area contributed by atoms with Gasteiger partial charge in [-0.1, -0.05) is 12.1 Å². The maximum atomic E-state index is 13.6. The molecule has 4 aliphatic carbocycles. The molecule has 1 aromatic heterocycles. The zero-order chi connectivity index (χ0) is 19.3. The van der Waals surface area contributed by atoms with Crippen LogP contribution in [0.2, 0.25) is 0 Å². The lowest BCUT2D eigenvalue weighted by Gasteiger charge is -2.55. The summed E-state index contributed by atoms with van der Waals surface area (Å²) in [5.74, 6) is 4.17. The van der Waals surface area contributed by atoms with Crippen LogP contribution < -0.4 is 10.1 Å². The summed E-state index contributed by atoms with van der Waals surface area (Å²) >= 11 is 0. The largest absolute Gasteiger partial charge is 0.497 e. The fourth-order valence-corrected chi connectivity index (χ4v) is 6.42. The Kier molecular flexibility index (Phi) is 4.22. The van der Waals surface area contributed by atoms with Crippen LogP contribution in [-0.4, -0.2) is 22.6 Å². The molecule has 1 N–H and O–H groups in total. The monoisotopic (exact) mass is 379 g/mol. The Morgan fingerprint density at radius 1 is 1.14 bits per heavy atom. The predicted octanol–water partition coefficient (Wildman–Crippen LogP) is 3.85. The van der Waals surface area contributed by atoms with Gasteiger partial charge in [-0.2, -0.15) is 0 Å². The molecule has 5 heteroatoms. The zero-order valence-corrected chi connectivity index (χ0v) is 16.7. The van der Waals surface area contributed by atoms with E-state index in [2.05, 4.69) is 10.3 Å². The van der Waals surface area contributed by atoms with Gasteiger partial charge in [0, 0.05) is 24.9 Å². The van der Waals surface area contributed by atoms with E-state index < -0.39 is 0 Å². The third-order valence-corrected chi connectivity index (χ3v) is 7.36. The van der Waals surface area contributed by atoms with Crippen molar-refractivity contribution in [2.24, 2.45) is 30.2 Å². The first-order valence-electron chi connectivity index (χ1n) is 10.5. The maximum Gasteiger partial charge on any atom is 0.227 e. The topological polar surface area (TPSA) is 56.1 Å². The molecule has 0 aliphatic heterocycles. The van der Waals surface area contributed by atoms with Gasteiger partial charge in [-0.15, -0.1) is 0 Å². The number of rotatable bonds is 5. The van der Waals surface area contributed by atoms with Crippen molar-refractivity contribution < 1.29 is 9.53 Å². The van der Waals surface area contributed by atoms with E-state index in [-0.39, 0.29) is 17.4 Å². The Hall–Kier alpha value is -2.30. The summed E-state index contributed by atoms with van der Waals surface area (Å²) in [7, 11) is 3.65. The van der Waals surface area contributed by atoms with Crippen LogP contribution in [0, 0.1) is 23.2 Å². The highest BCUT2D eigenvalue weighted by atomic mass is 16.5. The third kappa shape index (κ3) is 2.92. The number of carbonyl (C=O) groups excluding carboxylic acids is 1. The second-order valence-corrected chi connectivity index (χ2v) is 9.27. The first kappa shape index (κ1) is 17.8. The molecule has 1 heterocycles. The standard InChI is InChI=1S/C23H29N3O2/c1-26-8-7-24-21(26)20(18-3-5-19(28-2)6-4-18)25-22(27)23-12-15-9-16(13-23)11-17(10-15)14-23/h3-8,15-17,20H,9-14H2,1-2H3,(H,25,27). The van der Waals surface area contributed by atoms with E-state index in [9.17, 15) is 4.79 Å². The molecule has 4 fully saturated rings. The highest BCUT2D eigenvalue weighted by Crippen LogP contribution is 2.60. The van der Waals surface area contributed by atoms with Gasteiger partial charge in [0.2, 0.25) is 5.91 Å². The van der Waals surface area contributed by atoms with Crippen molar-refractivity contribution in [1.29, 1.82) is 0 Å². The molecule has 5 nitrogen and oxygen atoms in total. The molecule has 0 saturated heterocycles. The van der Waals surface area contributed by atoms with Crippen molar-refractivity contribution in [2.75, 3.05) is 7.11 Å². The Bertz CT molecular complexity index is 835. The van der Waals surface area contributed by atoms with Gasteiger partial charge in [0.05, 0.1) is 7.11 Å². The Morgan fingerprint density at radius 2 is 1.75 bits per heavy atom. The molecule has 0 radical (unpaired) electrons. The van der Waals surface area contributed by atoms with Crippen LogP contribution in [0.25, 0.3) is 0 Å². The van der Waals surface area contributed by atoms with E-state index >= 15 is 0 Å². The number of carbonyl (C=O) groups is 1. The molecular weight excluding hydrogens is 350 g/mol. The third-order valence-electron chi connectivity index (χ3n) is 7.36. The number of nitrogens with one attached hydrogen (secondary N) is 1. The Morgan fingerprint density at radius 3 is 2.25 bits per heavy atom. The van der Waals surface area contributed by atoms with Crippen LogP contribution in [0.3, 0.4) is 0 Å². The summed E-state index contributed by atoms with van der Waals surface area (Å²) in [5.41, 5.74) is 0.873. The van der Waals surface area contributed by atoms with E-state index in [1.165, 1.54) is 19.3 Å². The van der Waals surface area contributed by atoms with Crippen molar-refractivity contribution in [3.8, 4) is 5.75 Å². The average Bonchev–Trinajstić information content (AvgIpc) is 3.10. The summed E-state index contributed by atoms with van der Waals surface area (Å²) < 4.78 is 7.30. The smallest absolute Gasteiger partial charge is 0.227 e. The number of methoxy groups -OCH3 is 1. The van der Waals surface area contributed by atoms with E-state index in [4.69, 9.17) is 4.74 Å². The predicted molar refractivity (Wildman–Crippen MR) is 107 cm³/mol. The molecule has 4 saturated carbocycles. The van der Waals surface area contributed by atoms with Crippen LogP contribution in [0.15, 0.2) is 36.7 Å². The Labute approximate surface area is 166 Å². The second kappa shape index (κ2) is 6.64. The van der Waals surface area contributed by atoms with Crippen LogP contribution in [0.4, 0.5) is 0 Å². The first-order chi connectivity index (χ1) is 13.6. The molecule has 28 heavy (non-hydrogen) atoms. The lowest BCUT2D eigenvalue weighted by atomic mass is 9.49. The number of ether oxygens (including phenoxy) is 1. The molecule has 4 bridgehead atoms. The molecule has 1 atom stereocenters. The van der Waals surface area contributed by atoms with E-state index in [0.717, 1.165) is 54.2 Å². The summed E-state index contributed by atoms with van der Waals surface area (Å²) in [4.78, 5) is 18.2. The molecule has 1 aromatic carbocycles. The van der Waals surface area contributed by atoms with Gasteiger partial charge in [-0.3, -0.25) is 4.79 Å². The minimum Gasteiger partial charge on any atom is -0.497 e. The number of imidazole rings is 1. The number of aryl methyl sites for hydroxylation is 1. The van der Waals surface area contributed by atoms with Crippen LogP contribution >= 0.6 is 0 Å². The number of nitrogens with zero attached hydrogens (tertiary/aromatic N) is 2. The van der Waals surface area contributed by atoms with Crippen LogP contribution in [-0.2, 0) is 11.8 Å². The van der Waals surface area contributed by atoms with Gasteiger partial charge < -0.3 is 14.6 Å². The van der Waals surface area contributed by atoms with E-state index in [1.807, 2.05) is 42.1 Å². The number of aromatic nitrogens is 2. The van der Waals surface area contributed by atoms with E-state index in [0.29, 0.717) is 0 Å². The summed E-state index contributed by atoms with van der Waals surface area (Å²) in [6.45, 7) is 0. The fourth-order valence-electron chi connectivity index (χ4n) is 6.42. The SMILES string of the molecule is COc1ccc(C(NC(=O)C23CC4CC(CC(C4)C2)C3)c2nccn2C)cc1. The molecule has 0 spiro atoms. The highest BCUT2D eigenvalue weighted by molar-refractivity contribution is 5.84. The van der Waals surface area contributed by atoms with Gasteiger partial charge >= 0.3 is 0 Å².